The normalized spacial score (nSPS) is 30.8. The average Bonchev–Trinajstić information content (AvgIpc) is 2.18. The molecule has 2 rings (SSSR count). The summed E-state index contributed by atoms with van der Waals surface area (Å²) in [5, 5.41) is 13.1. The molecule has 0 bridgehead atoms. The summed E-state index contributed by atoms with van der Waals surface area (Å²) in [6, 6.07) is 0. The van der Waals surface area contributed by atoms with E-state index in [1.54, 1.807) is 0 Å². The van der Waals surface area contributed by atoms with Crippen LogP contribution >= 0.6 is 0 Å². The van der Waals surface area contributed by atoms with E-state index in [9.17, 15) is 9.90 Å². The van der Waals surface area contributed by atoms with Crippen molar-refractivity contribution >= 4 is 5.91 Å². The quantitative estimate of drug-likeness (QED) is 0.737. The molecule has 4 heteroatoms. The largest absolute Gasteiger partial charge is 0.392 e. The first-order chi connectivity index (χ1) is 7.92. The average molecular weight is 240 g/mol. The molecule has 2 fully saturated rings. The summed E-state index contributed by atoms with van der Waals surface area (Å²) >= 11 is 0. The van der Waals surface area contributed by atoms with Crippen LogP contribution in [0.25, 0.3) is 0 Å². The summed E-state index contributed by atoms with van der Waals surface area (Å²) in [5.74, 6) is 0.872. The second-order valence-corrected chi connectivity index (χ2v) is 6.26. The van der Waals surface area contributed by atoms with Crippen LogP contribution in [-0.2, 0) is 4.79 Å². The van der Waals surface area contributed by atoms with Gasteiger partial charge in [-0.05, 0) is 25.4 Å². The van der Waals surface area contributed by atoms with E-state index in [1.165, 1.54) is 0 Å². The molecule has 2 N–H and O–H groups in total. The third-order valence-electron chi connectivity index (χ3n) is 4.39. The monoisotopic (exact) mass is 240 g/mol. The van der Waals surface area contributed by atoms with Gasteiger partial charge in [-0.2, -0.15) is 0 Å². The molecule has 2 unspecified atom stereocenters. The van der Waals surface area contributed by atoms with Crippen molar-refractivity contribution in [3.8, 4) is 0 Å². The molecule has 0 saturated carbocycles. The van der Waals surface area contributed by atoms with E-state index in [-0.39, 0.29) is 23.3 Å². The highest BCUT2D eigenvalue weighted by atomic mass is 16.3. The lowest BCUT2D eigenvalue weighted by molar-refractivity contribution is -0.144. The molecule has 0 aliphatic carbocycles. The summed E-state index contributed by atoms with van der Waals surface area (Å²) in [4.78, 5) is 14.3. The summed E-state index contributed by atoms with van der Waals surface area (Å²) in [6.07, 6.45) is 0.418. The fraction of sp³-hybridized carbons (Fsp3) is 0.923. The lowest BCUT2D eigenvalue weighted by atomic mass is 9.80. The number of piperidine rings is 1. The van der Waals surface area contributed by atoms with Crippen LogP contribution in [-0.4, -0.2) is 48.2 Å². The fourth-order valence-corrected chi connectivity index (χ4v) is 2.69. The molecule has 2 aliphatic rings. The van der Waals surface area contributed by atoms with Crippen LogP contribution in [0.4, 0.5) is 0 Å². The van der Waals surface area contributed by atoms with Gasteiger partial charge in [-0.3, -0.25) is 4.79 Å². The van der Waals surface area contributed by atoms with Gasteiger partial charge >= 0.3 is 0 Å². The molecule has 1 amide bonds. The highest BCUT2D eigenvalue weighted by Gasteiger charge is 2.39. The topological polar surface area (TPSA) is 52.6 Å². The van der Waals surface area contributed by atoms with Crippen molar-refractivity contribution in [3.63, 3.8) is 0 Å². The zero-order valence-electron chi connectivity index (χ0n) is 11.1. The minimum atomic E-state index is -0.285. The number of rotatable bonds is 2. The van der Waals surface area contributed by atoms with Gasteiger partial charge in [0.2, 0.25) is 5.91 Å². The number of aliphatic hydroxyl groups is 1. The molecule has 0 aromatic rings. The number of carbonyl (C=O) groups is 1. The first kappa shape index (κ1) is 12.8. The van der Waals surface area contributed by atoms with Gasteiger partial charge in [0.05, 0.1) is 6.10 Å². The van der Waals surface area contributed by atoms with E-state index in [2.05, 4.69) is 5.32 Å². The van der Waals surface area contributed by atoms with Gasteiger partial charge in [-0.1, -0.05) is 20.8 Å². The Kier molecular flexibility index (Phi) is 3.46. The second kappa shape index (κ2) is 4.58. The molecule has 2 aliphatic heterocycles. The second-order valence-electron chi connectivity index (χ2n) is 6.26. The number of hydrogen-bond acceptors (Lipinski definition) is 3. The fourth-order valence-electron chi connectivity index (χ4n) is 2.69. The van der Waals surface area contributed by atoms with Crippen molar-refractivity contribution in [1.82, 2.24) is 10.2 Å². The van der Waals surface area contributed by atoms with Gasteiger partial charge in [0, 0.05) is 24.4 Å². The van der Waals surface area contributed by atoms with Crippen molar-refractivity contribution in [3.05, 3.63) is 0 Å². The van der Waals surface area contributed by atoms with Crippen molar-refractivity contribution in [2.45, 2.75) is 33.3 Å². The molecule has 0 aromatic heterocycles. The summed E-state index contributed by atoms with van der Waals surface area (Å²) in [6.45, 7) is 9.41. The molecular formula is C13H24N2O2. The summed E-state index contributed by atoms with van der Waals surface area (Å²) in [7, 11) is 0. The third kappa shape index (κ3) is 2.47. The van der Waals surface area contributed by atoms with E-state index >= 15 is 0 Å². The summed E-state index contributed by atoms with van der Waals surface area (Å²) in [5.41, 5.74) is -0.175. The smallest absolute Gasteiger partial charge is 0.225 e. The van der Waals surface area contributed by atoms with Crippen molar-refractivity contribution in [1.29, 1.82) is 0 Å². The molecule has 98 valence electrons. The number of carbonyl (C=O) groups excluding carboxylic acids is 1. The van der Waals surface area contributed by atoms with Crippen molar-refractivity contribution in [2.24, 2.45) is 17.3 Å². The number of likely N-dealkylation sites (tertiary alicyclic amines) is 1. The zero-order valence-corrected chi connectivity index (χ0v) is 11.1. The van der Waals surface area contributed by atoms with E-state index in [0.29, 0.717) is 25.4 Å². The molecular weight excluding hydrogens is 216 g/mol. The molecule has 2 saturated heterocycles. The van der Waals surface area contributed by atoms with E-state index in [4.69, 9.17) is 0 Å². The molecule has 0 spiro atoms. The Hall–Kier alpha value is -0.610. The van der Waals surface area contributed by atoms with Crippen LogP contribution in [0.5, 0.6) is 0 Å². The van der Waals surface area contributed by atoms with Crippen LogP contribution in [0.2, 0.25) is 0 Å². The number of hydrogen-bond donors (Lipinski definition) is 2. The maximum atomic E-state index is 12.3. The Balaban J connectivity index is 1.95. The predicted molar refractivity (Wildman–Crippen MR) is 66.5 cm³/mol. The zero-order chi connectivity index (χ0) is 12.6. The van der Waals surface area contributed by atoms with Gasteiger partial charge in [0.25, 0.3) is 0 Å². The highest BCUT2D eigenvalue weighted by Crippen LogP contribution is 2.30. The number of aliphatic hydroxyl groups excluding tert-OH is 1. The van der Waals surface area contributed by atoms with Gasteiger partial charge in [-0.25, -0.2) is 0 Å². The molecule has 2 heterocycles. The first-order valence-electron chi connectivity index (χ1n) is 6.59. The maximum Gasteiger partial charge on any atom is 0.225 e. The number of nitrogens with one attached hydrogen (secondary N) is 1. The molecule has 0 radical (unpaired) electrons. The minimum absolute atomic E-state index is 0.113. The highest BCUT2D eigenvalue weighted by molar-refractivity contribution is 5.79. The maximum absolute atomic E-state index is 12.3. The van der Waals surface area contributed by atoms with E-state index in [0.717, 1.165) is 13.1 Å². The first-order valence-corrected chi connectivity index (χ1v) is 6.59. The van der Waals surface area contributed by atoms with E-state index < -0.39 is 0 Å². The van der Waals surface area contributed by atoms with Gasteiger partial charge in [0.15, 0.2) is 0 Å². The van der Waals surface area contributed by atoms with Crippen LogP contribution in [0.15, 0.2) is 0 Å². The lowest BCUT2D eigenvalue weighted by Gasteiger charge is -2.44. The minimum Gasteiger partial charge on any atom is -0.392 e. The van der Waals surface area contributed by atoms with Crippen molar-refractivity contribution < 1.29 is 9.90 Å². The third-order valence-corrected chi connectivity index (χ3v) is 4.39. The van der Waals surface area contributed by atoms with Crippen LogP contribution < -0.4 is 5.32 Å². The lowest BCUT2D eigenvalue weighted by Crippen LogP contribution is -2.55. The van der Waals surface area contributed by atoms with E-state index in [1.807, 2.05) is 25.7 Å². The molecule has 17 heavy (non-hydrogen) atoms. The van der Waals surface area contributed by atoms with Gasteiger partial charge in [-0.15, -0.1) is 0 Å². The number of amides is 1. The van der Waals surface area contributed by atoms with Gasteiger partial charge < -0.3 is 15.3 Å². The number of nitrogens with zero attached hydrogens (tertiary/aromatic N) is 1. The molecule has 0 aromatic carbocycles. The van der Waals surface area contributed by atoms with Crippen LogP contribution in [0.3, 0.4) is 0 Å². The van der Waals surface area contributed by atoms with Gasteiger partial charge in [0.1, 0.15) is 0 Å². The van der Waals surface area contributed by atoms with Crippen LogP contribution in [0, 0.1) is 17.3 Å². The summed E-state index contributed by atoms with van der Waals surface area (Å²) < 4.78 is 0. The Labute approximate surface area is 103 Å². The van der Waals surface area contributed by atoms with Crippen molar-refractivity contribution in [2.75, 3.05) is 26.2 Å². The standard InChI is InChI=1S/C13H24N2O2/c1-9(10-6-14-7-10)12(17)15-5-4-11(16)13(2,3)8-15/h9-11,14,16H,4-8H2,1-3H3. The SMILES string of the molecule is CC(C(=O)N1CCC(O)C(C)(C)C1)C1CNC1. The predicted octanol–water partition coefficient (Wildman–Crippen LogP) is 0.461. The Bertz CT molecular complexity index is 300. The Morgan fingerprint density at radius 3 is 2.59 bits per heavy atom. The Morgan fingerprint density at radius 2 is 2.12 bits per heavy atom. The van der Waals surface area contributed by atoms with Crippen LogP contribution in [0.1, 0.15) is 27.2 Å². The molecule has 4 nitrogen and oxygen atoms in total. The Morgan fingerprint density at radius 1 is 1.47 bits per heavy atom. The molecule has 2 atom stereocenters.